The van der Waals surface area contributed by atoms with Gasteiger partial charge < -0.3 is 17.3 Å². The molecule has 0 aliphatic carbocycles. The summed E-state index contributed by atoms with van der Waals surface area (Å²) >= 11 is 0. The molecule has 2 heteroatoms. The standard InChI is InChI=1S/C51H105N.ClH/c1-6-8-10-12-14-16-18-20-24-28-32-36-40-44-48-52(49-45-41-37-33-29-25-21-19-17-15-13-11-9-7-2)50-46-42-38-34-30-26-22-23-27-31-35-39-43-47-51(3,4)5;/h6-50H2,1-5H3;1H. The molecule has 0 saturated carbocycles. The lowest BCUT2D eigenvalue weighted by atomic mass is 9.89. The van der Waals surface area contributed by atoms with Gasteiger partial charge in [-0.1, -0.05) is 259 Å². The summed E-state index contributed by atoms with van der Waals surface area (Å²) in [5, 5.41) is 0. The fourth-order valence-corrected chi connectivity index (χ4v) is 8.49. The van der Waals surface area contributed by atoms with Gasteiger partial charge in [-0.3, -0.25) is 0 Å². The zero-order chi connectivity index (χ0) is 37.9. The Morgan fingerprint density at radius 1 is 0.245 bits per heavy atom. The molecule has 0 unspecified atom stereocenters. The molecule has 0 aliphatic rings. The number of halogens is 1. The van der Waals surface area contributed by atoms with E-state index in [1.165, 1.54) is 289 Å². The first kappa shape index (κ1) is 55.3. The van der Waals surface area contributed by atoms with E-state index in [4.69, 9.17) is 0 Å². The highest BCUT2D eigenvalue weighted by molar-refractivity contribution is 4.61. The minimum absolute atomic E-state index is 0. The predicted octanol–water partition coefficient (Wildman–Crippen LogP) is 14.3. The number of rotatable bonds is 45. The molecule has 1 nitrogen and oxygen atoms in total. The van der Waals surface area contributed by atoms with E-state index >= 15 is 0 Å². The van der Waals surface area contributed by atoms with E-state index in [2.05, 4.69) is 34.6 Å². The number of unbranched alkanes of at least 4 members (excludes halogenated alkanes) is 38. The van der Waals surface area contributed by atoms with Gasteiger partial charge in [-0.2, -0.15) is 0 Å². The van der Waals surface area contributed by atoms with E-state index in [-0.39, 0.29) is 12.4 Å². The Balaban J connectivity index is 0. The van der Waals surface area contributed by atoms with Crippen molar-refractivity contribution < 1.29 is 17.3 Å². The normalized spacial score (nSPS) is 11.9. The van der Waals surface area contributed by atoms with Gasteiger partial charge >= 0.3 is 0 Å². The molecular formula is C51H106ClN. The van der Waals surface area contributed by atoms with Crippen LogP contribution in [0.5, 0.6) is 0 Å². The van der Waals surface area contributed by atoms with Crippen molar-refractivity contribution in [1.82, 2.24) is 0 Å². The molecule has 0 bridgehead atoms. The highest BCUT2D eigenvalue weighted by atomic mass is 35.5. The minimum Gasteiger partial charge on any atom is -1.00 e. The van der Waals surface area contributed by atoms with E-state index in [1.807, 2.05) is 4.90 Å². The van der Waals surface area contributed by atoms with E-state index in [1.54, 1.807) is 0 Å². The third-order valence-corrected chi connectivity index (χ3v) is 12.2. The number of quaternary nitrogens is 1. The van der Waals surface area contributed by atoms with Gasteiger partial charge in [0.15, 0.2) is 0 Å². The van der Waals surface area contributed by atoms with Crippen molar-refractivity contribution in [3.05, 3.63) is 0 Å². The second-order valence-corrected chi connectivity index (χ2v) is 19.1. The topological polar surface area (TPSA) is 4.44 Å². The van der Waals surface area contributed by atoms with Crippen molar-refractivity contribution in [2.45, 2.75) is 304 Å². The molecule has 0 rings (SSSR count). The van der Waals surface area contributed by atoms with Crippen molar-refractivity contribution in [2.75, 3.05) is 19.6 Å². The smallest absolute Gasteiger partial charge is 0.0770 e. The van der Waals surface area contributed by atoms with Gasteiger partial charge in [-0.05, 0) is 50.4 Å². The molecule has 0 spiro atoms. The predicted molar refractivity (Wildman–Crippen MR) is 240 cm³/mol. The van der Waals surface area contributed by atoms with Gasteiger partial charge in [-0.15, -0.1) is 0 Å². The maximum Gasteiger partial charge on any atom is 0.0770 e. The van der Waals surface area contributed by atoms with Gasteiger partial charge in [0, 0.05) is 0 Å². The molecule has 0 aromatic carbocycles. The van der Waals surface area contributed by atoms with Crippen LogP contribution in [0, 0.1) is 5.41 Å². The van der Waals surface area contributed by atoms with E-state index < -0.39 is 0 Å². The van der Waals surface area contributed by atoms with Gasteiger partial charge in [0.05, 0.1) is 19.6 Å². The maximum atomic E-state index is 2.38. The summed E-state index contributed by atoms with van der Waals surface area (Å²) in [6.45, 7) is 16.1. The Morgan fingerprint density at radius 3 is 0.604 bits per heavy atom. The zero-order valence-corrected chi connectivity index (χ0v) is 39.0. The van der Waals surface area contributed by atoms with E-state index in [9.17, 15) is 0 Å². The molecule has 322 valence electrons. The molecule has 0 fully saturated rings. The van der Waals surface area contributed by atoms with Gasteiger partial charge in [0.25, 0.3) is 0 Å². The lowest BCUT2D eigenvalue weighted by Crippen LogP contribution is -3.12. The van der Waals surface area contributed by atoms with Gasteiger partial charge in [-0.25, -0.2) is 0 Å². The summed E-state index contributed by atoms with van der Waals surface area (Å²) in [5.74, 6) is 0. The number of nitrogens with one attached hydrogen (secondary N) is 1. The first-order chi connectivity index (χ1) is 25.5. The lowest BCUT2D eigenvalue weighted by molar-refractivity contribution is -0.900. The van der Waals surface area contributed by atoms with Crippen LogP contribution in [-0.2, 0) is 0 Å². The first-order valence-corrected chi connectivity index (χ1v) is 25.3. The molecule has 0 aromatic heterocycles. The van der Waals surface area contributed by atoms with Crippen molar-refractivity contribution in [3.63, 3.8) is 0 Å². The summed E-state index contributed by atoms with van der Waals surface area (Å²) in [6, 6.07) is 0. The third-order valence-electron chi connectivity index (χ3n) is 12.2. The lowest BCUT2D eigenvalue weighted by Gasteiger charge is -2.20. The Labute approximate surface area is 345 Å². The number of hydrogen-bond donors (Lipinski definition) is 1. The van der Waals surface area contributed by atoms with Crippen LogP contribution in [0.2, 0.25) is 0 Å². The largest absolute Gasteiger partial charge is 1.00 e. The third kappa shape index (κ3) is 50.2. The Hall–Kier alpha value is 0.250. The maximum absolute atomic E-state index is 2.38. The van der Waals surface area contributed by atoms with Crippen LogP contribution >= 0.6 is 0 Å². The van der Waals surface area contributed by atoms with Gasteiger partial charge in [0.1, 0.15) is 0 Å². The summed E-state index contributed by atoms with van der Waals surface area (Å²) < 4.78 is 0. The monoisotopic (exact) mass is 768 g/mol. The average molecular weight is 769 g/mol. The van der Waals surface area contributed by atoms with Crippen LogP contribution in [-0.4, -0.2) is 19.6 Å². The van der Waals surface area contributed by atoms with Crippen molar-refractivity contribution in [3.8, 4) is 0 Å². The molecule has 0 radical (unpaired) electrons. The SMILES string of the molecule is CCCCCCCCCCCCCCCC[NH+](CCCCCCCCCCCCCCCC)CCCCCCCCCCCCCCCC(C)(C)C.[Cl-]. The van der Waals surface area contributed by atoms with Crippen LogP contribution in [0.4, 0.5) is 0 Å². The summed E-state index contributed by atoms with van der Waals surface area (Å²) in [4.78, 5) is 1.95. The molecule has 1 N–H and O–H groups in total. The van der Waals surface area contributed by atoms with Crippen molar-refractivity contribution in [2.24, 2.45) is 5.41 Å². The van der Waals surface area contributed by atoms with E-state index in [0.717, 1.165) is 0 Å². The molecule has 53 heavy (non-hydrogen) atoms. The van der Waals surface area contributed by atoms with Crippen LogP contribution in [0.25, 0.3) is 0 Å². The molecule has 0 aliphatic heterocycles. The molecule has 0 atom stereocenters. The highest BCUT2D eigenvalue weighted by Gasteiger charge is 2.10. The zero-order valence-electron chi connectivity index (χ0n) is 38.2. The van der Waals surface area contributed by atoms with Crippen LogP contribution < -0.4 is 17.3 Å². The van der Waals surface area contributed by atoms with Crippen LogP contribution in [0.3, 0.4) is 0 Å². The molecule has 0 aromatic rings. The Bertz CT molecular complexity index is 594. The van der Waals surface area contributed by atoms with Crippen molar-refractivity contribution >= 4 is 0 Å². The molecule has 0 heterocycles. The van der Waals surface area contributed by atoms with Gasteiger partial charge in [0.2, 0.25) is 0 Å². The van der Waals surface area contributed by atoms with Crippen molar-refractivity contribution in [1.29, 1.82) is 0 Å². The Morgan fingerprint density at radius 2 is 0.415 bits per heavy atom. The Kier molecular flexibility index (Phi) is 48.7. The molecule has 0 amide bonds. The summed E-state index contributed by atoms with van der Waals surface area (Å²) in [7, 11) is 0. The second kappa shape index (κ2) is 46.6. The van der Waals surface area contributed by atoms with E-state index in [0.29, 0.717) is 5.41 Å². The summed E-state index contributed by atoms with van der Waals surface area (Å²) in [6.07, 6.45) is 61.8. The number of hydrogen-bond acceptors (Lipinski definition) is 0. The summed E-state index contributed by atoms with van der Waals surface area (Å²) in [5.41, 5.74) is 0.525. The first-order valence-electron chi connectivity index (χ1n) is 25.3. The second-order valence-electron chi connectivity index (χ2n) is 19.1. The average Bonchev–Trinajstić information content (AvgIpc) is 3.12. The molecular weight excluding hydrogens is 662 g/mol. The fraction of sp³-hybridized carbons (Fsp3) is 1.00. The van der Waals surface area contributed by atoms with Crippen LogP contribution in [0.15, 0.2) is 0 Å². The quantitative estimate of drug-likeness (QED) is 0.0589. The fourth-order valence-electron chi connectivity index (χ4n) is 8.49. The molecule has 0 saturated heterocycles. The highest BCUT2D eigenvalue weighted by Crippen LogP contribution is 2.23. The minimum atomic E-state index is 0. The van der Waals surface area contributed by atoms with Crippen LogP contribution in [0.1, 0.15) is 304 Å².